The van der Waals surface area contributed by atoms with Crippen molar-refractivity contribution in [1.82, 2.24) is 29.0 Å². The van der Waals surface area contributed by atoms with Crippen molar-refractivity contribution in [2.24, 2.45) is 0 Å². The van der Waals surface area contributed by atoms with E-state index in [1.54, 1.807) is 36.8 Å². The Kier molecular flexibility index (Phi) is 6.02. The van der Waals surface area contributed by atoms with Crippen LogP contribution >= 0.6 is 0 Å². The summed E-state index contributed by atoms with van der Waals surface area (Å²) in [6.45, 7) is 6.41. The molecule has 0 unspecified atom stereocenters. The van der Waals surface area contributed by atoms with Gasteiger partial charge in [-0.3, -0.25) is 9.78 Å². The number of hydrogen-bond acceptors (Lipinski definition) is 7. The Morgan fingerprint density at radius 3 is 2.75 bits per heavy atom. The van der Waals surface area contributed by atoms with Crippen LogP contribution in [0.1, 0.15) is 54.8 Å². The van der Waals surface area contributed by atoms with Gasteiger partial charge < -0.3 is 9.88 Å². The molecule has 4 heterocycles. The maximum Gasteiger partial charge on any atom is 0.275 e. The lowest BCUT2D eigenvalue weighted by Gasteiger charge is -2.14. The summed E-state index contributed by atoms with van der Waals surface area (Å²) in [5.41, 5.74) is 2.40. The molecule has 168 valence electrons. The second kappa shape index (κ2) is 8.75. The molecule has 4 rings (SSSR count). The first-order valence-corrected chi connectivity index (χ1v) is 12.0. The number of aromatic nitrogens is 5. The van der Waals surface area contributed by atoms with Crippen LogP contribution in [0.4, 0.5) is 5.82 Å². The smallest absolute Gasteiger partial charge is 0.275 e. The molecule has 1 amide bonds. The van der Waals surface area contributed by atoms with Crippen molar-refractivity contribution < 1.29 is 13.2 Å². The molecule has 0 aromatic carbocycles. The largest absolute Gasteiger partial charge is 0.310 e. The molecule has 0 bridgehead atoms. The van der Waals surface area contributed by atoms with E-state index in [9.17, 15) is 13.2 Å². The first-order valence-electron chi connectivity index (χ1n) is 10.4. The fourth-order valence-electron chi connectivity index (χ4n) is 3.57. The number of carbonyl (C=O) groups is 1. The predicted octanol–water partition coefficient (Wildman–Crippen LogP) is 2.62. The number of hydrogen-bond donors (Lipinski definition) is 1. The Labute approximate surface area is 186 Å². The SMILES string of the molecule is CCCS(=O)(=O)N1Cc2cnc(C(=O)Nc3cccc(-c4nncn4C(C)C)n3)cc2C1. The number of rotatable bonds is 7. The van der Waals surface area contributed by atoms with E-state index in [4.69, 9.17) is 0 Å². The summed E-state index contributed by atoms with van der Waals surface area (Å²) in [5.74, 6) is 0.659. The number of carbonyl (C=O) groups excluding carboxylic acids is 1. The molecule has 0 radical (unpaired) electrons. The number of sulfonamides is 1. The van der Waals surface area contributed by atoms with Crippen LogP contribution in [0.2, 0.25) is 0 Å². The monoisotopic (exact) mass is 455 g/mol. The summed E-state index contributed by atoms with van der Waals surface area (Å²) in [6, 6.07) is 7.08. The van der Waals surface area contributed by atoms with Gasteiger partial charge in [0, 0.05) is 25.3 Å². The third-order valence-corrected chi connectivity index (χ3v) is 7.18. The normalized spacial score (nSPS) is 14.0. The van der Waals surface area contributed by atoms with Crippen molar-refractivity contribution in [3.05, 3.63) is 53.6 Å². The van der Waals surface area contributed by atoms with E-state index in [1.165, 1.54) is 4.31 Å². The Hall–Kier alpha value is -3.18. The zero-order chi connectivity index (χ0) is 22.9. The minimum atomic E-state index is -3.31. The summed E-state index contributed by atoms with van der Waals surface area (Å²) in [5, 5.41) is 10.9. The molecular weight excluding hydrogens is 430 g/mol. The van der Waals surface area contributed by atoms with Gasteiger partial charge in [-0.25, -0.2) is 13.4 Å². The average Bonchev–Trinajstić information content (AvgIpc) is 3.41. The number of nitrogens with zero attached hydrogens (tertiary/aromatic N) is 6. The summed E-state index contributed by atoms with van der Waals surface area (Å²) in [4.78, 5) is 21.5. The molecule has 0 aliphatic carbocycles. The lowest BCUT2D eigenvalue weighted by atomic mass is 10.1. The Balaban J connectivity index is 1.51. The number of pyridine rings is 2. The third kappa shape index (κ3) is 4.39. The molecule has 32 heavy (non-hydrogen) atoms. The standard InChI is InChI=1S/C21H25N7O3S/c1-4-8-32(30,31)27-11-15-9-18(22-10-16(15)12-27)21(29)25-19-7-5-6-17(24-19)20-26-23-13-28(20)14(2)3/h5-7,9-10,13-14H,4,8,11-12H2,1-3H3,(H,24,25,29). The maximum atomic E-state index is 12.8. The van der Waals surface area contributed by atoms with Gasteiger partial charge in [0.05, 0.1) is 5.75 Å². The lowest BCUT2D eigenvalue weighted by molar-refractivity contribution is 0.102. The topological polar surface area (TPSA) is 123 Å². The maximum absolute atomic E-state index is 12.8. The van der Waals surface area contributed by atoms with Gasteiger partial charge in [-0.2, -0.15) is 4.31 Å². The minimum Gasteiger partial charge on any atom is -0.310 e. The van der Waals surface area contributed by atoms with Crippen LogP contribution < -0.4 is 5.32 Å². The van der Waals surface area contributed by atoms with Gasteiger partial charge >= 0.3 is 0 Å². The van der Waals surface area contributed by atoms with E-state index in [0.717, 1.165) is 11.1 Å². The van der Waals surface area contributed by atoms with Gasteiger partial charge in [0.15, 0.2) is 5.82 Å². The number of anilines is 1. The van der Waals surface area contributed by atoms with E-state index >= 15 is 0 Å². The molecular formula is C21H25N7O3S. The van der Waals surface area contributed by atoms with Crippen LogP contribution in [0.25, 0.3) is 11.5 Å². The van der Waals surface area contributed by atoms with Gasteiger partial charge in [-0.15, -0.1) is 10.2 Å². The molecule has 0 saturated heterocycles. The molecule has 0 spiro atoms. The summed E-state index contributed by atoms with van der Waals surface area (Å²) in [7, 11) is -3.31. The van der Waals surface area contributed by atoms with E-state index in [-0.39, 0.29) is 30.6 Å². The summed E-state index contributed by atoms with van der Waals surface area (Å²) < 4.78 is 28.1. The minimum absolute atomic E-state index is 0.105. The van der Waals surface area contributed by atoms with Gasteiger partial charge in [0.2, 0.25) is 10.0 Å². The molecule has 0 atom stereocenters. The molecule has 10 nitrogen and oxygen atoms in total. The van der Waals surface area contributed by atoms with Crippen molar-refractivity contribution in [3.8, 4) is 11.5 Å². The first kappa shape index (κ1) is 22.0. The quantitative estimate of drug-likeness (QED) is 0.581. The lowest BCUT2D eigenvalue weighted by Crippen LogP contribution is -2.27. The van der Waals surface area contributed by atoms with Gasteiger partial charge in [-0.1, -0.05) is 13.0 Å². The Morgan fingerprint density at radius 1 is 1.22 bits per heavy atom. The highest BCUT2D eigenvalue weighted by Gasteiger charge is 2.29. The van der Waals surface area contributed by atoms with E-state index in [2.05, 4.69) is 25.5 Å². The molecule has 3 aromatic heterocycles. The van der Waals surface area contributed by atoms with Crippen LogP contribution in [0.3, 0.4) is 0 Å². The second-order valence-electron chi connectivity index (χ2n) is 7.94. The fourth-order valence-corrected chi connectivity index (χ4v) is 5.02. The predicted molar refractivity (Wildman–Crippen MR) is 119 cm³/mol. The van der Waals surface area contributed by atoms with Crippen LogP contribution in [-0.4, -0.2) is 49.1 Å². The number of nitrogens with one attached hydrogen (secondary N) is 1. The van der Waals surface area contributed by atoms with Crippen molar-refractivity contribution >= 4 is 21.7 Å². The third-order valence-electron chi connectivity index (χ3n) is 5.21. The van der Waals surface area contributed by atoms with Gasteiger partial charge in [0.1, 0.15) is 23.5 Å². The average molecular weight is 456 g/mol. The van der Waals surface area contributed by atoms with Crippen molar-refractivity contribution in [2.75, 3.05) is 11.1 Å². The van der Waals surface area contributed by atoms with Crippen LogP contribution in [0, 0.1) is 0 Å². The van der Waals surface area contributed by atoms with Crippen molar-refractivity contribution in [2.45, 2.75) is 46.3 Å². The summed E-state index contributed by atoms with van der Waals surface area (Å²) >= 11 is 0. The Morgan fingerprint density at radius 2 is 2.00 bits per heavy atom. The highest BCUT2D eigenvalue weighted by molar-refractivity contribution is 7.89. The van der Waals surface area contributed by atoms with E-state index < -0.39 is 15.9 Å². The van der Waals surface area contributed by atoms with Crippen LogP contribution in [-0.2, 0) is 23.1 Å². The highest BCUT2D eigenvalue weighted by atomic mass is 32.2. The molecule has 0 fully saturated rings. The van der Waals surface area contributed by atoms with Crippen molar-refractivity contribution in [3.63, 3.8) is 0 Å². The number of amides is 1. The second-order valence-corrected chi connectivity index (χ2v) is 10.0. The fraction of sp³-hybridized carbons (Fsp3) is 0.381. The van der Waals surface area contributed by atoms with Crippen LogP contribution in [0.5, 0.6) is 0 Å². The molecule has 3 aromatic rings. The number of fused-ring (bicyclic) bond motifs is 1. The molecule has 11 heteroatoms. The molecule has 0 saturated carbocycles. The van der Waals surface area contributed by atoms with Crippen molar-refractivity contribution in [1.29, 1.82) is 0 Å². The zero-order valence-corrected chi connectivity index (χ0v) is 19.0. The zero-order valence-electron chi connectivity index (χ0n) is 18.2. The van der Waals surface area contributed by atoms with E-state index in [0.29, 0.717) is 23.8 Å². The molecule has 1 aliphatic rings. The van der Waals surface area contributed by atoms with E-state index in [1.807, 2.05) is 25.3 Å². The van der Waals surface area contributed by atoms with Gasteiger partial charge in [0.25, 0.3) is 5.91 Å². The molecule has 1 aliphatic heterocycles. The molecule has 1 N–H and O–H groups in total. The summed E-state index contributed by atoms with van der Waals surface area (Å²) in [6.07, 6.45) is 3.77. The van der Waals surface area contributed by atoms with Crippen LogP contribution in [0.15, 0.2) is 36.8 Å². The highest BCUT2D eigenvalue weighted by Crippen LogP contribution is 2.26. The van der Waals surface area contributed by atoms with Gasteiger partial charge in [-0.05, 0) is 49.6 Å². The Bertz CT molecular complexity index is 1250. The first-order chi connectivity index (χ1) is 15.3.